The molecule has 0 unspecified atom stereocenters. The van der Waals surface area contributed by atoms with E-state index in [4.69, 9.17) is 9.72 Å². The van der Waals surface area contributed by atoms with Crippen molar-refractivity contribution in [1.29, 1.82) is 0 Å². The summed E-state index contributed by atoms with van der Waals surface area (Å²) in [7, 11) is -2.64. The van der Waals surface area contributed by atoms with Crippen LogP contribution in [0, 0.1) is 25.2 Å². The smallest absolute Gasteiger partial charge is 0.397 e. The second-order valence-electron chi connectivity index (χ2n) is 12.1. The molecule has 3 aromatic heterocycles. The maximum absolute atomic E-state index is 13.5. The summed E-state index contributed by atoms with van der Waals surface area (Å²) in [5.41, 5.74) is -1.81. The van der Waals surface area contributed by atoms with Gasteiger partial charge in [-0.3, -0.25) is 9.48 Å². The van der Waals surface area contributed by atoms with Gasteiger partial charge in [0, 0.05) is 31.4 Å². The zero-order valence-electron chi connectivity index (χ0n) is 25.4. The lowest BCUT2D eigenvalue weighted by Crippen LogP contribution is -2.41. The van der Waals surface area contributed by atoms with E-state index in [-0.39, 0.29) is 53.1 Å². The Hall–Kier alpha value is -3.27. The predicted octanol–water partition coefficient (Wildman–Crippen LogP) is 4.44. The number of sulfonamides is 1. The first-order valence-electron chi connectivity index (χ1n) is 13.3. The molecule has 16 heteroatoms. The average Bonchev–Trinajstić information content (AvgIpc) is 3.51. The maximum atomic E-state index is 13.5. The third-order valence-electron chi connectivity index (χ3n) is 7.52. The lowest BCUT2D eigenvalue weighted by Gasteiger charge is -2.34. The van der Waals surface area contributed by atoms with Crippen molar-refractivity contribution in [1.82, 2.24) is 29.3 Å². The lowest BCUT2D eigenvalue weighted by molar-refractivity contribution is -0.219. The molecule has 0 radical (unpaired) electrons. The van der Waals surface area contributed by atoms with Gasteiger partial charge in [0.1, 0.15) is 17.3 Å². The van der Waals surface area contributed by atoms with Gasteiger partial charge in [-0.15, -0.1) is 5.10 Å². The molecule has 43 heavy (non-hydrogen) atoms. The molecule has 0 saturated carbocycles. The molecule has 1 aliphatic rings. The summed E-state index contributed by atoms with van der Waals surface area (Å²) in [6.45, 7) is 11.3. The summed E-state index contributed by atoms with van der Waals surface area (Å²) in [5, 5.41) is 8.36. The first-order valence-corrected chi connectivity index (χ1v) is 14.8. The zero-order valence-corrected chi connectivity index (χ0v) is 27.2. The minimum Gasteiger partial charge on any atom is -0.476 e. The molecule has 4 rings (SSSR count). The summed E-state index contributed by atoms with van der Waals surface area (Å²) in [5.74, 6) is -0.0941. The highest BCUT2D eigenvalue weighted by Crippen LogP contribution is 2.39. The van der Waals surface area contributed by atoms with Crippen molar-refractivity contribution in [2.24, 2.45) is 18.4 Å². The van der Waals surface area contributed by atoms with Crippen LogP contribution < -0.4 is 14.4 Å². The fourth-order valence-electron chi connectivity index (χ4n) is 5.13. The quantitative estimate of drug-likeness (QED) is 0.382. The molecule has 1 atom stereocenters. The van der Waals surface area contributed by atoms with E-state index in [0.717, 1.165) is 20.3 Å². The van der Waals surface area contributed by atoms with E-state index < -0.39 is 39.7 Å². The third kappa shape index (κ3) is 6.79. The number of ether oxygens (including phenoxy) is 1. The number of alkyl halides is 3. The van der Waals surface area contributed by atoms with Gasteiger partial charge in [0.2, 0.25) is 5.88 Å². The summed E-state index contributed by atoms with van der Waals surface area (Å²) in [6, 6.07) is 4.36. The van der Waals surface area contributed by atoms with Crippen LogP contribution in [0.3, 0.4) is 0 Å². The van der Waals surface area contributed by atoms with Crippen LogP contribution in [0.5, 0.6) is 5.88 Å². The lowest BCUT2D eigenvalue weighted by atomic mass is 9.94. The van der Waals surface area contributed by atoms with Crippen molar-refractivity contribution in [3.63, 3.8) is 0 Å². The fraction of sp³-hybridized carbons (Fsp3) is 0.556. The highest BCUT2D eigenvalue weighted by molar-refractivity contribution is 7.90. The van der Waals surface area contributed by atoms with Crippen molar-refractivity contribution >= 4 is 35.2 Å². The van der Waals surface area contributed by atoms with Gasteiger partial charge >= 0.3 is 6.18 Å². The van der Waals surface area contributed by atoms with E-state index in [9.17, 15) is 26.4 Å². The van der Waals surface area contributed by atoms with Gasteiger partial charge in [0.15, 0.2) is 5.82 Å². The number of hydrogen-bond acceptors (Lipinski definition) is 8. The molecular formula is C27H38F3N7O4S2. The van der Waals surface area contributed by atoms with E-state index in [0.29, 0.717) is 12.2 Å². The molecule has 1 aliphatic heterocycles. The number of halogens is 3. The van der Waals surface area contributed by atoms with Crippen molar-refractivity contribution in [2.75, 3.05) is 18.1 Å². The molecule has 238 valence electrons. The van der Waals surface area contributed by atoms with Crippen LogP contribution in [0.15, 0.2) is 29.3 Å². The summed E-state index contributed by atoms with van der Waals surface area (Å²) in [4.78, 5) is 20.1. The maximum Gasteiger partial charge on any atom is 0.397 e. The van der Waals surface area contributed by atoms with E-state index in [1.165, 1.54) is 33.8 Å². The van der Waals surface area contributed by atoms with Crippen LogP contribution >= 0.6 is 13.5 Å². The van der Waals surface area contributed by atoms with Crippen LogP contribution in [0.2, 0.25) is 0 Å². The number of aryl methyl sites for hydroxylation is 2. The first-order chi connectivity index (χ1) is 19.2. The second-order valence-corrected chi connectivity index (χ2v) is 13.7. The number of hydrogen-bond donors (Lipinski definition) is 1. The van der Waals surface area contributed by atoms with Crippen molar-refractivity contribution in [3.05, 3.63) is 41.3 Å². The standard InChI is InChI=1S/C27H36F3N7O4S.H2S/c1-16-13-26(6,7)36(14-16)23-19(24(38)34-42(39,40)22-17(2)32-35(8)18(22)3)9-10-20(31-23)37-12-11-21(33-37)41-15-25(4,5)27(28,29)30;/h9-12,16H,13-15H2,1-8H3,(H,34,38);1H2/t16-;/m0./s1. The van der Waals surface area contributed by atoms with Gasteiger partial charge < -0.3 is 9.64 Å². The number of nitrogens with zero attached hydrogens (tertiary/aromatic N) is 6. The molecular weight excluding hydrogens is 607 g/mol. The van der Waals surface area contributed by atoms with Gasteiger partial charge in [-0.1, -0.05) is 6.92 Å². The Bertz CT molecular complexity index is 1610. The van der Waals surface area contributed by atoms with E-state index >= 15 is 0 Å². The zero-order chi connectivity index (χ0) is 31.4. The Kier molecular flexibility index (Phi) is 9.29. The van der Waals surface area contributed by atoms with Crippen LogP contribution in [-0.4, -0.2) is 63.7 Å². The number of anilines is 1. The largest absolute Gasteiger partial charge is 0.476 e. The van der Waals surface area contributed by atoms with Crippen LogP contribution in [0.4, 0.5) is 19.0 Å². The number of pyridine rings is 1. The van der Waals surface area contributed by atoms with Crippen molar-refractivity contribution in [2.45, 2.75) is 71.5 Å². The first kappa shape index (κ1) is 34.2. The normalized spacial score (nSPS) is 17.1. The highest BCUT2D eigenvalue weighted by Gasteiger charge is 2.48. The predicted molar refractivity (Wildman–Crippen MR) is 160 cm³/mol. The van der Waals surface area contributed by atoms with E-state index in [2.05, 4.69) is 21.8 Å². The van der Waals surface area contributed by atoms with Crippen LogP contribution in [0.1, 0.15) is 62.8 Å². The summed E-state index contributed by atoms with van der Waals surface area (Å²) in [6.07, 6.45) is -2.16. The van der Waals surface area contributed by atoms with Crippen LogP contribution in [-0.2, 0) is 17.1 Å². The minimum absolute atomic E-state index is 0. The molecule has 1 amide bonds. The van der Waals surface area contributed by atoms with Gasteiger partial charge in [0.05, 0.1) is 22.4 Å². The molecule has 3 aromatic rings. The van der Waals surface area contributed by atoms with Crippen LogP contribution in [0.25, 0.3) is 5.82 Å². The van der Waals surface area contributed by atoms with Gasteiger partial charge in [-0.2, -0.15) is 31.8 Å². The average molecular weight is 646 g/mol. The molecule has 0 bridgehead atoms. The third-order valence-corrected chi connectivity index (χ3v) is 9.10. The Morgan fingerprint density at radius 2 is 1.81 bits per heavy atom. The highest BCUT2D eigenvalue weighted by atomic mass is 32.2. The monoisotopic (exact) mass is 645 g/mol. The molecule has 0 aliphatic carbocycles. The van der Waals surface area contributed by atoms with Gasteiger partial charge in [0.25, 0.3) is 15.9 Å². The van der Waals surface area contributed by atoms with E-state index in [1.807, 2.05) is 18.7 Å². The topological polar surface area (TPSA) is 124 Å². The number of carbonyl (C=O) groups excluding carboxylic acids is 1. The van der Waals surface area contributed by atoms with Gasteiger partial charge in [-0.05, 0) is 66.0 Å². The fourth-order valence-corrected chi connectivity index (χ4v) is 6.53. The Morgan fingerprint density at radius 3 is 2.35 bits per heavy atom. The number of nitrogens with one attached hydrogen (secondary N) is 1. The molecule has 0 spiro atoms. The molecule has 0 aromatic carbocycles. The molecule has 4 heterocycles. The number of rotatable bonds is 8. The summed E-state index contributed by atoms with van der Waals surface area (Å²) >= 11 is 0. The molecule has 1 saturated heterocycles. The molecule has 1 N–H and O–H groups in total. The van der Waals surface area contributed by atoms with Crippen molar-refractivity contribution in [3.8, 4) is 11.7 Å². The Balaban J connectivity index is 0.00000506. The van der Waals surface area contributed by atoms with E-state index in [1.54, 1.807) is 20.9 Å². The second kappa shape index (κ2) is 11.7. The SMILES string of the molecule is Cc1nn(C)c(C)c1S(=O)(=O)NC(=O)c1ccc(-n2ccc(OCC(C)(C)C(F)(F)F)n2)nc1N1C[C@@H](C)CC1(C)C.S. The molecule has 11 nitrogen and oxygen atoms in total. The number of aromatic nitrogens is 5. The number of carbonyl (C=O) groups is 1. The Morgan fingerprint density at radius 1 is 1.16 bits per heavy atom. The molecule has 1 fully saturated rings. The van der Waals surface area contributed by atoms with Gasteiger partial charge in [-0.25, -0.2) is 22.8 Å². The minimum atomic E-state index is -4.45. The number of amides is 1. The Labute approximate surface area is 256 Å². The van der Waals surface area contributed by atoms with Crippen molar-refractivity contribution < 1.29 is 31.1 Å². The summed E-state index contributed by atoms with van der Waals surface area (Å²) < 4.78 is 76.5.